The van der Waals surface area contributed by atoms with Crippen LogP contribution in [0.25, 0.3) is 11.1 Å². The van der Waals surface area contributed by atoms with Crippen LogP contribution < -0.4 is 15.2 Å². The Hall–Kier alpha value is -3.22. The largest absolute Gasteiger partial charge is 0.497 e. The van der Waals surface area contributed by atoms with Crippen LogP contribution in [0.15, 0.2) is 65.7 Å². The molecule has 0 aliphatic carbocycles. The van der Waals surface area contributed by atoms with E-state index in [2.05, 4.69) is 30.3 Å². The molecule has 2 aliphatic rings. The summed E-state index contributed by atoms with van der Waals surface area (Å²) < 4.78 is 11.8. The van der Waals surface area contributed by atoms with Gasteiger partial charge in [-0.3, -0.25) is 0 Å². The summed E-state index contributed by atoms with van der Waals surface area (Å²) in [7, 11) is 3.41. The lowest BCUT2D eigenvalue weighted by atomic mass is 9.92. The Balaban J connectivity index is 1.64. The van der Waals surface area contributed by atoms with Gasteiger partial charge < -0.3 is 15.2 Å². The molecule has 2 N–H and O–H groups in total. The second-order valence-electron chi connectivity index (χ2n) is 8.70. The number of halogens is 1. The van der Waals surface area contributed by atoms with E-state index in [4.69, 9.17) is 36.6 Å². The molecule has 7 heteroatoms. The normalized spacial score (nSPS) is 20.1. The van der Waals surface area contributed by atoms with Gasteiger partial charge in [0.05, 0.1) is 12.7 Å². The number of methoxy groups -OCH3 is 1. The molecule has 6 nitrogen and oxygen atoms in total. The number of nitrogens with two attached hydrogens (primary N) is 1. The Morgan fingerprint density at radius 1 is 1.03 bits per heavy atom. The number of ether oxygens (including phenoxy) is 2. The maximum absolute atomic E-state index is 6.40. The summed E-state index contributed by atoms with van der Waals surface area (Å²) in [5, 5.41) is 2.14. The van der Waals surface area contributed by atoms with Crippen molar-refractivity contribution >= 4 is 17.6 Å². The Kier molecular flexibility index (Phi) is 6.11. The minimum Gasteiger partial charge on any atom is -0.497 e. The van der Waals surface area contributed by atoms with Crippen LogP contribution in [0.5, 0.6) is 11.5 Å². The lowest BCUT2D eigenvalue weighted by Gasteiger charge is -2.28. The molecular formula is C27H28ClN3O3. The molecule has 1 atom stereocenters. The molecule has 3 aromatic rings. The monoisotopic (exact) mass is 477 g/mol. The molecule has 1 unspecified atom stereocenters. The number of rotatable bonds is 2. The molecule has 0 bridgehead atoms. The van der Waals surface area contributed by atoms with Crippen LogP contribution >= 0.6 is 11.6 Å². The summed E-state index contributed by atoms with van der Waals surface area (Å²) >= 11 is 6.36. The van der Waals surface area contributed by atoms with Crippen molar-refractivity contribution in [2.45, 2.75) is 38.0 Å². The molecule has 0 saturated carbocycles. The fraction of sp³-hybridized carbons (Fsp3) is 0.296. The zero-order valence-electron chi connectivity index (χ0n) is 19.4. The number of nitrogens with zero attached hydrogens (tertiary/aromatic N) is 2. The predicted octanol–water partition coefficient (Wildman–Crippen LogP) is 5.67. The van der Waals surface area contributed by atoms with Crippen molar-refractivity contribution in [3.63, 3.8) is 0 Å². The van der Waals surface area contributed by atoms with Crippen LogP contribution in [0.2, 0.25) is 5.02 Å². The van der Waals surface area contributed by atoms with Crippen molar-refractivity contribution in [2.24, 2.45) is 10.7 Å². The van der Waals surface area contributed by atoms with Gasteiger partial charge in [0.15, 0.2) is 0 Å². The predicted molar refractivity (Wildman–Crippen MR) is 134 cm³/mol. The molecule has 1 spiro atoms. The number of fused-ring (bicyclic) bond motifs is 3. The second kappa shape index (κ2) is 9.20. The average molecular weight is 478 g/mol. The summed E-state index contributed by atoms with van der Waals surface area (Å²) in [6, 6.07) is 20.2. The Bertz CT molecular complexity index is 1250. The zero-order chi connectivity index (χ0) is 23.7. The maximum atomic E-state index is 6.40. The Labute approximate surface area is 204 Å². The Morgan fingerprint density at radius 2 is 1.85 bits per heavy atom. The first-order chi connectivity index (χ1) is 16.5. The van der Waals surface area contributed by atoms with Crippen LogP contribution in [0.1, 0.15) is 36.0 Å². The van der Waals surface area contributed by atoms with Crippen LogP contribution in [-0.4, -0.2) is 25.2 Å². The van der Waals surface area contributed by atoms with Gasteiger partial charge >= 0.3 is 0 Å². The molecule has 176 valence electrons. The van der Waals surface area contributed by atoms with Gasteiger partial charge in [0.25, 0.3) is 0 Å². The van der Waals surface area contributed by atoms with Gasteiger partial charge in [-0.15, -0.1) is 0 Å². The molecule has 0 amide bonds. The lowest BCUT2D eigenvalue weighted by Crippen LogP contribution is -2.32. The highest BCUT2D eigenvalue weighted by Gasteiger charge is 2.43. The SMILES string of the molecule is COc1cc(Cl)cc(-c2ccc3c(c2)C2(CCCCc4ccccc4CO3)N=C(N)N(C)O2)c1. The standard InChI is InChI=1S/C27H28ClN3O3/c1-31-26(29)30-27(34-31)12-6-5-8-18-7-3-4-9-20(18)17-33-25-11-10-19(15-24(25)27)21-13-22(28)16-23(14-21)32-2/h3-4,7,9-11,13-16H,5-6,8,12,17H2,1-2H3,(H2,29,30). The quantitative estimate of drug-likeness (QED) is 0.515. The van der Waals surface area contributed by atoms with Gasteiger partial charge in [0.1, 0.15) is 18.1 Å². The Morgan fingerprint density at radius 3 is 2.62 bits per heavy atom. The molecule has 2 heterocycles. The van der Waals surface area contributed by atoms with Crippen molar-refractivity contribution in [1.82, 2.24) is 5.06 Å². The molecule has 0 fully saturated rings. The molecule has 0 radical (unpaired) electrons. The van der Waals surface area contributed by atoms with Gasteiger partial charge in [0, 0.05) is 18.5 Å². The number of hydrogen-bond donors (Lipinski definition) is 1. The zero-order valence-corrected chi connectivity index (χ0v) is 20.1. The van der Waals surface area contributed by atoms with E-state index in [-0.39, 0.29) is 0 Å². The van der Waals surface area contributed by atoms with Crippen molar-refractivity contribution in [1.29, 1.82) is 0 Å². The van der Waals surface area contributed by atoms with Crippen LogP contribution in [-0.2, 0) is 23.6 Å². The first-order valence-electron chi connectivity index (χ1n) is 11.4. The summed E-state index contributed by atoms with van der Waals surface area (Å²) in [6.07, 6.45) is 3.60. The van der Waals surface area contributed by atoms with Gasteiger partial charge in [-0.25, -0.2) is 14.9 Å². The van der Waals surface area contributed by atoms with Crippen LogP contribution in [0.4, 0.5) is 0 Å². The summed E-state index contributed by atoms with van der Waals surface area (Å²) in [4.78, 5) is 11.1. The number of benzene rings is 3. The maximum Gasteiger partial charge on any atom is 0.218 e. The molecule has 0 aromatic heterocycles. The first kappa shape index (κ1) is 22.6. The highest BCUT2D eigenvalue weighted by atomic mass is 35.5. The van der Waals surface area contributed by atoms with E-state index >= 15 is 0 Å². The topological polar surface area (TPSA) is 69.3 Å². The van der Waals surface area contributed by atoms with E-state index in [0.717, 1.165) is 41.7 Å². The molecule has 3 aromatic carbocycles. The van der Waals surface area contributed by atoms with Gasteiger partial charge in [-0.2, -0.15) is 0 Å². The summed E-state index contributed by atoms with van der Waals surface area (Å²) in [5.41, 5.74) is 10.5. The third-order valence-electron chi connectivity index (χ3n) is 6.46. The molecule has 2 aliphatic heterocycles. The fourth-order valence-electron chi connectivity index (χ4n) is 4.66. The van der Waals surface area contributed by atoms with Crippen LogP contribution in [0.3, 0.4) is 0 Å². The fourth-order valence-corrected chi connectivity index (χ4v) is 4.89. The van der Waals surface area contributed by atoms with E-state index in [1.165, 1.54) is 16.2 Å². The van der Waals surface area contributed by atoms with Crippen molar-refractivity contribution in [2.75, 3.05) is 14.2 Å². The minimum atomic E-state index is -0.955. The number of aryl methyl sites for hydroxylation is 1. The van der Waals surface area contributed by atoms with Gasteiger partial charge in [0.2, 0.25) is 11.7 Å². The van der Waals surface area contributed by atoms with Gasteiger partial charge in [-0.1, -0.05) is 41.9 Å². The van der Waals surface area contributed by atoms with E-state index in [1.54, 1.807) is 20.2 Å². The van der Waals surface area contributed by atoms with Crippen molar-refractivity contribution in [3.8, 4) is 22.6 Å². The van der Waals surface area contributed by atoms with E-state index in [0.29, 0.717) is 29.8 Å². The number of hydrogen-bond acceptors (Lipinski definition) is 6. The number of aliphatic imine (C=N–C) groups is 1. The highest BCUT2D eigenvalue weighted by Crippen LogP contribution is 2.44. The van der Waals surface area contributed by atoms with E-state index in [1.807, 2.05) is 24.3 Å². The second-order valence-corrected chi connectivity index (χ2v) is 9.13. The third kappa shape index (κ3) is 4.31. The molecule has 0 saturated heterocycles. The number of hydroxylamine groups is 2. The average Bonchev–Trinajstić information content (AvgIpc) is 3.13. The van der Waals surface area contributed by atoms with E-state index < -0.39 is 5.72 Å². The summed E-state index contributed by atoms with van der Waals surface area (Å²) in [5.74, 6) is 1.76. The van der Waals surface area contributed by atoms with Gasteiger partial charge in [-0.05, 0) is 71.8 Å². The lowest BCUT2D eigenvalue weighted by molar-refractivity contribution is -0.177. The smallest absolute Gasteiger partial charge is 0.218 e. The molecule has 34 heavy (non-hydrogen) atoms. The molecular weight excluding hydrogens is 450 g/mol. The highest BCUT2D eigenvalue weighted by molar-refractivity contribution is 6.31. The van der Waals surface area contributed by atoms with Crippen molar-refractivity contribution in [3.05, 3.63) is 82.4 Å². The number of guanidine groups is 1. The first-order valence-corrected chi connectivity index (χ1v) is 11.8. The van der Waals surface area contributed by atoms with Crippen LogP contribution in [0, 0.1) is 0 Å². The molecule has 5 rings (SSSR count). The minimum absolute atomic E-state index is 0.346. The van der Waals surface area contributed by atoms with Crippen molar-refractivity contribution < 1.29 is 14.3 Å². The van der Waals surface area contributed by atoms with E-state index in [9.17, 15) is 0 Å². The third-order valence-corrected chi connectivity index (χ3v) is 6.68. The summed E-state index contributed by atoms with van der Waals surface area (Å²) in [6.45, 7) is 0.471.